The van der Waals surface area contributed by atoms with Crippen LogP contribution in [-0.2, 0) is 9.47 Å². The van der Waals surface area contributed by atoms with Crippen LogP contribution in [0.1, 0.15) is 10.6 Å². The topological polar surface area (TPSA) is 122 Å². The van der Waals surface area contributed by atoms with Gasteiger partial charge in [0, 0.05) is 33.2 Å². The largest absolute Gasteiger partial charge is 0.474 e. The number of benzene rings is 1. The van der Waals surface area contributed by atoms with Crippen LogP contribution in [0.4, 0.5) is 26.4 Å². The molecule has 35 heavy (non-hydrogen) atoms. The van der Waals surface area contributed by atoms with Gasteiger partial charge in [0.15, 0.2) is 12.0 Å². The lowest BCUT2D eigenvalue weighted by Gasteiger charge is -2.36. The minimum atomic E-state index is -0.712. The SMILES string of the molecule is COC(=S)N(C)[C@@H]1CN(c2ccc(N3CCN(C(=O)c4ccc([N+](=O)[O-])o4)CC3)c(F)c2)C(=O)O1. The van der Waals surface area contributed by atoms with E-state index in [4.69, 9.17) is 26.1 Å². The number of furan rings is 1. The van der Waals surface area contributed by atoms with Crippen molar-refractivity contribution in [1.29, 1.82) is 0 Å². The lowest BCUT2D eigenvalue weighted by atomic mass is 10.2. The zero-order valence-corrected chi connectivity index (χ0v) is 19.7. The van der Waals surface area contributed by atoms with E-state index in [9.17, 15) is 19.7 Å². The van der Waals surface area contributed by atoms with Crippen molar-refractivity contribution in [3.63, 3.8) is 0 Å². The number of rotatable bonds is 5. The minimum Gasteiger partial charge on any atom is -0.474 e. The summed E-state index contributed by atoms with van der Waals surface area (Å²) in [6.07, 6.45) is -1.29. The summed E-state index contributed by atoms with van der Waals surface area (Å²) >= 11 is 5.05. The minimum absolute atomic E-state index is 0.117. The number of nitrogens with zero attached hydrogens (tertiary/aromatic N) is 5. The molecule has 0 spiro atoms. The van der Waals surface area contributed by atoms with E-state index in [1.165, 1.54) is 33.9 Å². The van der Waals surface area contributed by atoms with Crippen molar-refractivity contribution < 1.29 is 32.8 Å². The Morgan fingerprint density at radius 2 is 1.97 bits per heavy atom. The van der Waals surface area contributed by atoms with Gasteiger partial charge in [-0.15, -0.1) is 0 Å². The van der Waals surface area contributed by atoms with Crippen LogP contribution in [0.5, 0.6) is 0 Å². The van der Waals surface area contributed by atoms with Gasteiger partial charge in [0.05, 0.1) is 31.1 Å². The normalized spacial score (nSPS) is 17.9. The average molecular weight is 508 g/mol. The second-order valence-electron chi connectivity index (χ2n) is 7.84. The third kappa shape index (κ3) is 4.82. The summed E-state index contributed by atoms with van der Waals surface area (Å²) < 4.78 is 30.3. The molecule has 0 bridgehead atoms. The van der Waals surface area contributed by atoms with Crippen LogP contribution >= 0.6 is 12.2 Å². The molecule has 3 heterocycles. The summed E-state index contributed by atoms with van der Waals surface area (Å²) in [6, 6.07) is 6.84. The van der Waals surface area contributed by atoms with E-state index in [1.807, 2.05) is 0 Å². The number of carbonyl (C=O) groups is 2. The van der Waals surface area contributed by atoms with E-state index < -0.39 is 34.9 Å². The fourth-order valence-electron chi connectivity index (χ4n) is 3.89. The number of carbonyl (C=O) groups excluding carboxylic acids is 2. The first-order valence-corrected chi connectivity index (χ1v) is 11.0. The number of hydrogen-bond acceptors (Lipinski definition) is 9. The molecule has 0 radical (unpaired) electrons. The maximum Gasteiger partial charge on any atom is 0.433 e. The highest BCUT2D eigenvalue weighted by Gasteiger charge is 2.36. The summed E-state index contributed by atoms with van der Waals surface area (Å²) in [4.78, 5) is 41.0. The molecule has 0 unspecified atom stereocenters. The molecule has 1 aromatic heterocycles. The molecule has 14 heteroatoms. The fourth-order valence-corrected chi connectivity index (χ4v) is 4.01. The first-order valence-electron chi connectivity index (χ1n) is 10.6. The maximum atomic E-state index is 15.0. The molecule has 12 nitrogen and oxygen atoms in total. The quantitative estimate of drug-likeness (QED) is 0.339. The highest BCUT2D eigenvalue weighted by molar-refractivity contribution is 7.80. The first kappa shape index (κ1) is 24.2. The summed E-state index contributed by atoms with van der Waals surface area (Å²) in [5.74, 6) is -1.61. The second-order valence-corrected chi connectivity index (χ2v) is 8.19. The molecule has 2 aromatic rings. The molecule has 2 aliphatic rings. The van der Waals surface area contributed by atoms with Crippen molar-refractivity contribution in [2.45, 2.75) is 6.23 Å². The van der Waals surface area contributed by atoms with Gasteiger partial charge in [-0.1, -0.05) is 0 Å². The molecule has 186 valence electrons. The maximum absolute atomic E-state index is 15.0. The average Bonchev–Trinajstić information content (AvgIpc) is 3.50. The van der Waals surface area contributed by atoms with Crippen LogP contribution in [0.15, 0.2) is 34.7 Å². The van der Waals surface area contributed by atoms with Gasteiger partial charge in [0.1, 0.15) is 10.7 Å². The Hall–Kier alpha value is -3.94. The van der Waals surface area contributed by atoms with Crippen LogP contribution in [-0.4, -0.2) is 85.0 Å². The Morgan fingerprint density at radius 3 is 2.57 bits per heavy atom. The highest BCUT2D eigenvalue weighted by Crippen LogP contribution is 2.29. The molecule has 2 fully saturated rings. The van der Waals surface area contributed by atoms with Crippen molar-refractivity contribution in [1.82, 2.24) is 9.80 Å². The smallest absolute Gasteiger partial charge is 0.433 e. The molecule has 4 rings (SSSR count). The molecule has 0 N–H and O–H groups in total. The molecular formula is C21H22FN5O7S. The van der Waals surface area contributed by atoms with Gasteiger partial charge in [0.25, 0.3) is 11.1 Å². The van der Waals surface area contributed by atoms with Crippen molar-refractivity contribution in [2.75, 3.05) is 56.7 Å². The number of nitro groups is 1. The van der Waals surface area contributed by atoms with E-state index in [0.717, 1.165) is 6.07 Å². The predicted molar refractivity (Wildman–Crippen MR) is 125 cm³/mol. The molecule has 2 aliphatic heterocycles. The van der Waals surface area contributed by atoms with Crippen LogP contribution in [0.3, 0.4) is 0 Å². The number of amides is 2. The number of ether oxygens (including phenoxy) is 2. The zero-order valence-electron chi connectivity index (χ0n) is 18.9. The van der Waals surface area contributed by atoms with Gasteiger partial charge in [-0.2, -0.15) is 0 Å². The number of anilines is 2. The number of hydrogen-bond donors (Lipinski definition) is 0. The number of methoxy groups -OCH3 is 1. The van der Waals surface area contributed by atoms with E-state index >= 15 is 4.39 Å². The van der Waals surface area contributed by atoms with Gasteiger partial charge >= 0.3 is 12.0 Å². The van der Waals surface area contributed by atoms with E-state index in [2.05, 4.69) is 0 Å². The molecule has 1 atom stereocenters. The Labute approximate surface area is 204 Å². The van der Waals surface area contributed by atoms with Crippen LogP contribution in [0.25, 0.3) is 0 Å². The molecule has 0 saturated carbocycles. The third-order valence-electron chi connectivity index (χ3n) is 5.82. The number of halogens is 1. The van der Waals surface area contributed by atoms with Gasteiger partial charge in [0.2, 0.25) is 0 Å². The Morgan fingerprint density at radius 1 is 1.26 bits per heavy atom. The van der Waals surface area contributed by atoms with Gasteiger partial charge in [-0.25, -0.2) is 9.18 Å². The molecule has 1 aromatic carbocycles. The number of piperazine rings is 1. The first-order chi connectivity index (χ1) is 16.7. The summed E-state index contributed by atoms with van der Waals surface area (Å²) in [7, 11) is 3.05. The lowest BCUT2D eigenvalue weighted by Crippen LogP contribution is -2.49. The van der Waals surface area contributed by atoms with Crippen molar-refractivity contribution in [3.8, 4) is 0 Å². The fraction of sp³-hybridized carbons (Fsp3) is 0.381. The van der Waals surface area contributed by atoms with Crippen molar-refractivity contribution >= 4 is 46.7 Å². The van der Waals surface area contributed by atoms with E-state index in [-0.39, 0.29) is 30.6 Å². The van der Waals surface area contributed by atoms with Crippen LogP contribution in [0.2, 0.25) is 0 Å². The van der Waals surface area contributed by atoms with E-state index in [1.54, 1.807) is 24.1 Å². The van der Waals surface area contributed by atoms with Crippen LogP contribution in [0, 0.1) is 15.9 Å². The molecule has 2 amide bonds. The standard InChI is InChI=1S/C21H22FN5O7S/c1-23(21(35)32-2)18-12-26(20(29)34-18)13-3-4-15(14(22)11-13)24-7-9-25(10-8-24)19(28)16-5-6-17(33-16)27(30)31/h3-6,11,18H,7-10,12H2,1-2H3/t18-/m0/s1. The Kier molecular flexibility index (Phi) is 6.73. The summed E-state index contributed by atoms with van der Waals surface area (Å²) in [5, 5.41) is 10.9. The Balaban J connectivity index is 1.39. The van der Waals surface area contributed by atoms with Gasteiger partial charge < -0.3 is 23.7 Å². The highest BCUT2D eigenvalue weighted by atomic mass is 32.1. The second kappa shape index (κ2) is 9.74. The summed E-state index contributed by atoms with van der Waals surface area (Å²) in [5.41, 5.74) is 0.667. The Bertz CT molecular complexity index is 1170. The molecule has 2 saturated heterocycles. The van der Waals surface area contributed by atoms with Gasteiger partial charge in [-0.05, 0) is 36.5 Å². The monoisotopic (exact) mass is 507 g/mol. The number of thiocarbonyl (C=S) groups is 1. The third-order valence-corrected chi connectivity index (χ3v) is 6.28. The number of likely N-dealkylation sites (N-methyl/N-ethyl adjacent to an activating group) is 1. The lowest BCUT2D eigenvalue weighted by molar-refractivity contribution is -0.402. The van der Waals surface area contributed by atoms with Gasteiger partial charge in [-0.3, -0.25) is 24.7 Å². The van der Waals surface area contributed by atoms with Crippen molar-refractivity contribution in [3.05, 3.63) is 52.0 Å². The predicted octanol–water partition coefficient (Wildman–Crippen LogP) is 2.44. The summed E-state index contributed by atoms with van der Waals surface area (Å²) in [6.45, 7) is 1.39. The molecular weight excluding hydrogens is 485 g/mol. The molecule has 0 aliphatic carbocycles. The van der Waals surface area contributed by atoms with Crippen LogP contribution < -0.4 is 9.80 Å². The number of cyclic esters (lactones) is 1. The zero-order chi connectivity index (χ0) is 25.3. The van der Waals surface area contributed by atoms with E-state index in [0.29, 0.717) is 24.5 Å². The van der Waals surface area contributed by atoms with Crippen molar-refractivity contribution in [2.24, 2.45) is 0 Å².